The van der Waals surface area contributed by atoms with Crippen LogP contribution in [0.4, 0.5) is 5.69 Å². The molecule has 0 spiro atoms. The normalized spacial score (nSPS) is 18.7. The van der Waals surface area contributed by atoms with Crippen LogP contribution in [0.25, 0.3) is 0 Å². The zero-order valence-corrected chi connectivity index (χ0v) is 11.3. The fourth-order valence-corrected chi connectivity index (χ4v) is 2.38. The second-order valence-corrected chi connectivity index (χ2v) is 5.00. The SMILES string of the molecule is CN1CCC(N(CC(=O)O)c2ccc(Cl)cc2)C1=O. The highest BCUT2D eigenvalue weighted by Gasteiger charge is 2.35. The van der Waals surface area contributed by atoms with Crippen LogP contribution in [0, 0.1) is 0 Å². The summed E-state index contributed by atoms with van der Waals surface area (Å²) in [5, 5.41) is 9.60. The van der Waals surface area contributed by atoms with Gasteiger partial charge < -0.3 is 14.9 Å². The number of aliphatic carboxylic acids is 1. The molecule has 1 aromatic rings. The Balaban J connectivity index is 2.28. The van der Waals surface area contributed by atoms with Crippen molar-refractivity contribution >= 4 is 29.2 Å². The van der Waals surface area contributed by atoms with Crippen molar-refractivity contribution in [3.05, 3.63) is 29.3 Å². The topological polar surface area (TPSA) is 60.9 Å². The third-order valence-corrected chi connectivity index (χ3v) is 3.49. The Kier molecular flexibility index (Phi) is 3.95. The van der Waals surface area contributed by atoms with Gasteiger partial charge in [-0.15, -0.1) is 0 Å². The number of nitrogens with zero attached hydrogens (tertiary/aromatic N) is 2. The molecule has 1 aromatic carbocycles. The first-order chi connectivity index (χ1) is 8.99. The number of likely N-dealkylation sites (tertiary alicyclic amines) is 1. The Morgan fingerprint density at radius 3 is 2.58 bits per heavy atom. The van der Waals surface area contributed by atoms with E-state index in [9.17, 15) is 9.59 Å². The van der Waals surface area contributed by atoms with E-state index < -0.39 is 12.0 Å². The molecule has 1 amide bonds. The van der Waals surface area contributed by atoms with Gasteiger partial charge >= 0.3 is 5.97 Å². The summed E-state index contributed by atoms with van der Waals surface area (Å²) in [7, 11) is 1.73. The van der Waals surface area contributed by atoms with Crippen molar-refractivity contribution in [1.82, 2.24) is 4.90 Å². The van der Waals surface area contributed by atoms with Crippen molar-refractivity contribution in [1.29, 1.82) is 0 Å². The zero-order valence-electron chi connectivity index (χ0n) is 10.5. The molecule has 0 aliphatic carbocycles. The maximum atomic E-state index is 12.0. The van der Waals surface area contributed by atoms with Crippen LogP contribution in [0.5, 0.6) is 0 Å². The average Bonchev–Trinajstić information content (AvgIpc) is 2.68. The van der Waals surface area contributed by atoms with E-state index in [4.69, 9.17) is 16.7 Å². The molecule has 5 nitrogen and oxygen atoms in total. The highest BCUT2D eigenvalue weighted by atomic mass is 35.5. The van der Waals surface area contributed by atoms with Gasteiger partial charge in [-0.1, -0.05) is 11.6 Å². The minimum atomic E-state index is -0.961. The fourth-order valence-electron chi connectivity index (χ4n) is 2.25. The molecule has 1 fully saturated rings. The van der Waals surface area contributed by atoms with E-state index in [2.05, 4.69) is 0 Å². The molecule has 0 saturated carbocycles. The molecular weight excluding hydrogens is 268 g/mol. The molecule has 1 heterocycles. The summed E-state index contributed by atoms with van der Waals surface area (Å²) in [4.78, 5) is 26.3. The number of rotatable bonds is 4. The van der Waals surface area contributed by atoms with Gasteiger partial charge in [-0.25, -0.2) is 0 Å². The summed E-state index contributed by atoms with van der Waals surface area (Å²) in [6, 6.07) is 6.43. The number of carbonyl (C=O) groups is 2. The quantitative estimate of drug-likeness (QED) is 0.908. The van der Waals surface area contributed by atoms with Crippen LogP contribution in [-0.4, -0.2) is 48.1 Å². The maximum Gasteiger partial charge on any atom is 0.323 e. The molecular formula is C13H15ClN2O3. The molecule has 1 atom stereocenters. The number of carboxylic acid groups (broad SMARTS) is 1. The maximum absolute atomic E-state index is 12.0. The molecule has 0 radical (unpaired) electrons. The van der Waals surface area contributed by atoms with E-state index in [1.165, 1.54) is 0 Å². The predicted octanol–water partition coefficient (Wildman–Crippen LogP) is 1.46. The largest absolute Gasteiger partial charge is 0.480 e. The van der Waals surface area contributed by atoms with Gasteiger partial charge in [-0.3, -0.25) is 9.59 Å². The lowest BCUT2D eigenvalue weighted by atomic mass is 10.1. The Hall–Kier alpha value is -1.75. The third-order valence-electron chi connectivity index (χ3n) is 3.24. The molecule has 1 N–H and O–H groups in total. The highest BCUT2D eigenvalue weighted by Crippen LogP contribution is 2.24. The number of carboxylic acids is 1. The Bertz CT molecular complexity index is 489. The number of halogens is 1. The van der Waals surface area contributed by atoms with Gasteiger partial charge in [-0.2, -0.15) is 0 Å². The second kappa shape index (κ2) is 5.48. The van der Waals surface area contributed by atoms with Gasteiger partial charge in [0.1, 0.15) is 12.6 Å². The van der Waals surface area contributed by atoms with Crippen LogP contribution in [0.1, 0.15) is 6.42 Å². The smallest absolute Gasteiger partial charge is 0.323 e. The average molecular weight is 283 g/mol. The van der Waals surface area contributed by atoms with Crippen LogP contribution < -0.4 is 4.90 Å². The summed E-state index contributed by atoms with van der Waals surface area (Å²) in [6.07, 6.45) is 0.630. The van der Waals surface area contributed by atoms with Crippen LogP contribution in [0.3, 0.4) is 0 Å². The summed E-state index contributed by atoms with van der Waals surface area (Å²) in [6.45, 7) is 0.444. The molecule has 1 aliphatic rings. The predicted molar refractivity (Wildman–Crippen MR) is 72.5 cm³/mol. The Labute approximate surface area is 116 Å². The number of anilines is 1. The molecule has 0 aromatic heterocycles. The first-order valence-corrected chi connectivity index (χ1v) is 6.36. The summed E-state index contributed by atoms with van der Waals surface area (Å²) >= 11 is 5.82. The first-order valence-electron chi connectivity index (χ1n) is 5.98. The summed E-state index contributed by atoms with van der Waals surface area (Å²) < 4.78 is 0. The van der Waals surface area contributed by atoms with E-state index in [1.54, 1.807) is 41.1 Å². The number of benzene rings is 1. The summed E-state index contributed by atoms with van der Waals surface area (Å²) in [5.41, 5.74) is 0.695. The fraction of sp³-hybridized carbons (Fsp3) is 0.385. The monoisotopic (exact) mass is 282 g/mol. The number of hydrogen-bond donors (Lipinski definition) is 1. The van der Waals surface area contributed by atoms with Crippen LogP contribution in [-0.2, 0) is 9.59 Å². The Morgan fingerprint density at radius 2 is 2.11 bits per heavy atom. The third kappa shape index (κ3) is 2.98. The lowest BCUT2D eigenvalue weighted by Gasteiger charge is -2.28. The first kappa shape index (κ1) is 13.7. The molecule has 1 aliphatic heterocycles. The van der Waals surface area contributed by atoms with E-state index >= 15 is 0 Å². The number of amides is 1. The minimum absolute atomic E-state index is 0.0452. The minimum Gasteiger partial charge on any atom is -0.480 e. The van der Waals surface area contributed by atoms with Crippen molar-refractivity contribution in [2.75, 3.05) is 25.0 Å². The molecule has 0 bridgehead atoms. The molecule has 1 unspecified atom stereocenters. The molecule has 19 heavy (non-hydrogen) atoms. The van der Waals surface area contributed by atoms with Gasteiger partial charge in [0.25, 0.3) is 0 Å². The molecule has 102 valence electrons. The van der Waals surface area contributed by atoms with Crippen LogP contribution in [0.2, 0.25) is 5.02 Å². The number of carbonyl (C=O) groups excluding carboxylic acids is 1. The van der Waals surface area contributed by atoms with Gasteiger partial charge in [0, 0.05) is 24.3 Å². The zero-order chi connectivity index (χ0) is 14.0. The lowest BCUT2D eigenvalue weighted by molar-refractivity contribution is -0.135. The van der Waals surface area contributed by atoms with Gasteiger partial charge in [0.2, 0.25) is 5.91 Å². The highest BCUT2D eigenvalue weighted by molar-refractivity contribution is 6.30. The van der Waals surface area contributed by atoms with Crippen molar-refractivity contribution in [3.8, 4) is 0 Å². The van der Waals surface area contributed by atoms with Crippen molar-refractivity contribution in [2.24, 2.45) is 0 Å². The number of hydrogen-bond acceptors (Lipinski definition) is 3. The van der Waals surface area contributed by atoms with E-state index in [-0.39, 0.29) is 12.5 Å². The van der Waals surface area contributed by atoms with E-state index in [0.717, 1.165) is 0 Å². The number of likely N-dealkylation sites (N-methyl/N-ethyl adjacent to an activating group) is 1. The Morgan fingerprint density at radius 1 is 1.47 bits per heavy atom. The summed E-state index contributed by atoms with van der Waals surface area (Å²) in [5.74, 6) is -1.01. The second-order valence-electron chi connectivity index (χ2n) is 4.56. The lowest BCUT2D eigenvalue weighted by Crippen LogP contribution is -2.44. The van der Waals surface area contributed by atoms with Gasteiger partial charge in [0.05, 0.1) is 0 Å². The van der Waals surface area contributed by atoms with Crippen molar-refractivity contribution in [2.45, 2.75) is 12.5 Å². The molecule has 6 heteroatoms. The molecule has 2 rings (SSSR count). The van der Waals surface area contributed by atoms with E-state index in [0.29, 0.717) is 23.7 Å². The van der Waals surface area contributed by atoms with Gasteiger partial charge in [-0.05, 0) is 30.7 Å². The van der Waals surface area contributed by atoms with Crippen LogP contribution in [0.15, 0.2) is 24.3 Å². The van der Waals surface area contributed by atoms with Crippen LogP contribution >= 0.6 is 11.6 Å². The molecule has 1 saturated heterocycles. The van der Waals surface area contributed by atoms with Crippen molar-refractivity contribution < 1.29 is 14.7 Å². The van der Waals surface area contributed by atoms with Gasteiger partial charge in [0.15, 0.2) is 0 Å². The van der Waals surface area contributed by atoms with Crippen molar-refractivity contribution in [3.63, 3.8) is 0 Å². The van der Waals surface area contributed by atoms with E-state index in [1.807, 2.05) is 0 Å². The standard InChI is InChI=1S/C13H15ClN2O3/c1-15-7-6-11(13(15)19)16(8-12(17)18)10-4-2-9(14)3-5-10/h2-5,11H,6-8H2,1H3,(H,17,18).